The van der Waals surface area contributed by atoms with E-state index in [0.717, 1.165) is 31.4 Å². The van der Waals surface area contributed by atoms with Gasteiger partial charge in [-0.05, 0) is 146 Å². The lowest BCUT2D eigenvalue weighted by Crippen LogP contribution is -2.39. The third kappa shape index (κ3) is 19.7. The van der Waals surface area contributed by atoms with Crippen molar-refractivity contribution < 1.29 is 86.3 Å². The maximum absolute atomic E-state index is 14.0. The predicted octanol–water partition coefficient (Wildman–Crippen LogP) is 12.1. The number of carbonyl (C=O) groups is 2. The minimum atomic E-state index is -4.87. The lowest BCUT2D eigenvalue weighted by molar-refractivity contribution is -0.275. The fourth-order valence-corrected chi connectivity index (χ4v) is 9.93. The van der Waals surface area contributed by atoms with Crippen LogP contribution in [0.4, 0.5) is 58.5 Å². The van der Waals surface area contributed by atoms with Gasteiger partial charge in [0.2, 0.25) is 11.8 Å². The molecule has 2 N–H and O–H groups in total. The van der Waals surface area contributed by atoms with Gasteiger partial charge in [-0.25, -0.2) is 15.0 Å². The standard InChI is InChI=1S/C32H29F6N5O4.C32H25F6N5O4.CH4O/c2*1-20(42(18-22-4-2-14-39-17-22)27(44)16-21-6-10-25(11-7-21)47-32(36,37)38)29-41-28-26(5-3-15-40-28)30(45)43(29)23-8-12-24(13-9-23)46-19-31(33,34)35;1-2/h2,4,6-14,17,20,40H,3,5,15-16,18-19H2,1H3;2-15,17,20H,16,18-19H2,1H3;2H,1H3/t2*20-;/m11./s1. The highest BCUT2D eigenvalue weighted by molar-refractivity contribution is 5.80. The quantitative estimate of drug-likeness (QED) is 0.0678. The molecule has 1 aliphatic heterocycles. The maximum atomic E-state index is 14.0. The minimum Gasteiger partial charge on any atom is -0.484 e. The number of pyridine rings is 3. The fraction of sp³-hybridized carbons (Fsp3) is 0.277. The summed E-state index contributed by atoms with van der Waals surface area (Å²) < 4.78 is 172. The molecule has 0 unspecified atom stereocenters. The predicted molar refractivity (Wildman–Crippen MR) is 323 cm³/mol. The van der Waals surface area contributed by atoms with Crippen LogP contribution in [0.5, 0.6) is 23.0 Å². The Morgan fingerprint density at radius 1 is 0.542 bits per heavy atom. The molecule has 9 aromatic rings. The molecule has 0 fully saturated rings. The molecule has 506 valence electrons. The first-order valence-electron chi connectivity index (χ1n) is 28.9. The van der Waals surface area contributed by atoms with Crippen molar-refractivity contribution >= 4 is 28.7 Å². The van der Waals surface area contributed by atoms with E-state index in [1.54, 1.807) is 69.0 Å². The van der Waals surface area contributed by atoms with Crippen molar-refractivity contribution in [1.82, 2.24) is 43.9 Å². The van der Waals surface area contributed by atoms with Crippen LogP contribution in [0, 0.1) is 0 Å². The molecule has 10 rings (SSSR count). The lowest BCUT2D eigenvalue weighted by Gasteiger charge is -2.32. The SMILES string of the molecule is CO.C[C@H](c1nc2c(c(=O)n1-c1ccc(OCC(F)(F)F)cc1)CCCN2)N(Cc1cccnc1)C(=O)Cc1ccc(OC(F)(F)F)cc1.C[C@H](c1nc2ncccc2c(=O)n1-c1ccc(OCC(F)(F)F)cc1)N(Cc1cccnc1)C(=O)Cc1ccc(OC(F)(F)F)cc1. The third-order valence-corrected chi connectivity index (χ3v) is 14.3. The van der Waals surface area contributed by atoms with Gasteiger partial charge < -0.3 is 39.2 Å². The zero-order valence-electron chi connectivity index (χ0n) is 50.9. The van der Waals surface area contributed by atoms with Crippen LogP contribution in [0.2, 0.25) is 0 Å². The summed E-state index contributed by atoms with van der Waals surface area (Å²) in [5, 5.41) is 10.3. The van der Waals surface area contributed by atoms with Crippen LogP contribution in [0.3, 0.4) is 0 Å². The van der Waals surface area contributed by atoms with Crippen LogP contribution in [0.1, 0.15) is 71.8 Å². The Bertz CT molecular complexity index is 4190. The van der Waals surface area contributed by atoms with Crippen molar-refractivity contribution in [3.05, 3.63) is 225 Å². The number of carbonyl (C=O) groups excluding carboxylic acids is 2. The van der Waals surface area contributed by atoms with E-state index in [1.165, 1.54) is 104 Å². The first-order chi connectivity index (χ1) is 45.5. The van der Waals surface area contributed by atoms with Crippen LogP contribution in [-0.4, -0.2) is 113 Å². The van der Waals surface area contributed by atoms with Gasteiger partial charge in [0.15, 0.2) is 18.9 Å². The molecule has 19 nitrogen and oxygen atoms in total. The number of aliphatic hydroxyl groups is 1. The number of alkyl halides is 12. The summed E-state index contributed by atoms with van der Waals surface area (Å²) in [4.78, 5) is 80.4. The normalized spacial score (nSPS) is 12.9. The number of anilines is 1. The molecule has 6 heterocycles. The molecule has 4 aromatic carbocycles. The average Bonchev–Trinajstić information content (AvgIpc) is 0.769. The number of benzene rings is 4. The molecule has 2 atom stereocenters. The lowest BCUT2D eigenvalue weighted by atomic mass is 10.1. The van der Waals surface area contributed by atoms with Gasteiger partial charge in [-0.15, -0.1) is 26.3 Å². The van der Waals surface area contributed by atoms with Crippen molar-refractivity contribution in [1.29, 1.82) is 0 Å². The van der Waals surface area contributed by atoms with Gasteiger partial charge in [-0.1, -0.05) is 36.4 Å². The average molecular weight is 1350 g/mol. The molecular formula is C65H58F12N10O9. The summed E-state index contributed by atoms with van der Waals surface area (Å²) in [6.45, 7) is 0.989. The van der Waals surface area contributed by atoms with Gasteiger partial charge in [-0.2, -0.15) is 26.3 Å². The van der Waals surface area contributed by atoms with E-state index in [9.17, 15) is 71.9 Å². The number of hydrogen-bond donors (Lipinski definition) is 2. The number of ether oxygens (including phenoxy) is 4. The van der Waals surface area contributed by atoms with E-state index in [0.29, 0.717) is 58.7 Å². The van der Waals surface area contributed by atoms with Crippen LogP contribution < -0.4 is 35.4 Å². The highest BCUT2D eigenvalue weighted by atomic mass is 19.4. The van der Waals surface area contributed by atoms with Gasteiger partial charge in [0.25, 0.3) is 11.1 Å². The minimum absolute atomic E-state index is 0.0173. The first-order valence-corrected chi connectivity index (χ1v) is 28.9. The molecule has 0 radical (unpaired) electrons. The summed E-state index contributed by atoms with van der Waals surface area (Å²) in [7, 11) is 1.00. The van der Waals surface area contributed by atoms with E-state index in [4.69, 9.17) is 19.6 Å². The highest BCUT2D eigenvalue weighted by Crippen LogP contribution is 2.32. The molecule has 0 bridgehead atoms. The first kappa shape index (κ1) is 71.3. The molecule has 5 aromatic heterocycles. The third-order valence-electron chi connectivity index (χ3n) is 14.3. The van der Waals surface area contributed by atoms with Crippen molar-refractivity contribution in [3.8, 4) is 34.4 Å². The molecule has 31 heteroatoms. The van der Waals surface area contributed by atoms with Crippen molar-refractivity contribution in [2.45, 2.75) is 89.8 Å². The van der Waals surface area contributed by atoms with Gasteiger partial charge in [0.1, 0.15) is 40.5 Å². The molecule has 0 spiro atoms. The van der Waals surface area contributed by atoms with Crippen molar-refractivity contribution in [2.24, 2.45) is 0 Å². The van der Waals surface area contributed by atoms with E-state index in [1.807, 2.05) is 0 Å². The fourth-order valence-electron chi connectivity index (χ4n) is 9.93. The summed E-state index contributed by atoms with van der Waals surface area (Å²) in [5.41, 5.74) is 2.25. The Hall–Kier alpha value is -10.6. The topological polar surface area (TPSA) is 218 Å². The Balaban J connectivity index is 0.000000239. The van der Waals surface area contributed by atoms with Crippen LogP contribution in [0.25, 0.3) is 22.4 Å². The summed E-state index contributed by atoms with van der Waals surface area (Å²) in [6, 6.07) is 28.8. The zero-order chi connectivity index (χ0) is 69.5. The van der Waals surface area contributed by atoms with Crippen molar-refractivity contribution in [3.63, 3.8) is 0 Å². The monoisotopic (exact) mass is 1350 g/mol. The summed E-state index contributed by atoms with van der Waals surface area (Å²) >= 11 is 0. The summed E-state index contributed by atoms with van der Waals surface area (Å²) in [5.74, 6) is -1.24. The van der Waals surface area contributed by atoms with E-state index in [2.05, 4.69) is 34.7 Å². The number of halogens is 12. The molecule has 0 saturated carbocycles. The second-order valence-electron chi connectivity index (χ2n) is 21.1. The number of hydrogen-bond acceptors (Lipinski definition) is 15. The van der Waals surface area contributed by atoms with Gasteiger partial charge in [0.05, 0.1) is 47.2 Å². The van der Waals surface area contributed by atoms with E-state index >= 15 is 0 Å². The Morgan fingerprint density at radius 2 is 0.958 bits per heavy atom. The smallest absolute Gasteiger partial charge is 0.484 e. The van der Waals surface area contributed by atoms with E-state index in [-0.39, 0.29) is 65.8 Å². The molecule has 96 heavy (non-hydrogen) atoms. The second-order valence-corrected chi connectivity index (χ2v) is 21.1. The number of aromatic nitrogens is 7. The molecule has 0 saturated heterocycles. The second kappa shape index (κ2) is 31.1. The number of fused-ring (bicyclic) bond motifs is 2. The molecular weight excluding hydrogens is 1290 g/mol. The van der Waals surface area contributed by atoms with Crippen LogP contribution in [-0.2, 0) is 41.9 Å². The largest absolute Gasteiger partial charge is 0.573 e. The Labute approximate surface area is 538 Å². The van der Waals surface area contributed by atoms with Gasteiger partial charge in [-0.3, -0.25) is 38.3 Å². The maximum Gasteiger partial charge on any atom is 0.573 e. The molecule has 2 amide bonds. The zero-order valence-corrected chi connectivity index (χ0v) is 50.9. The number of rotatable bonds is 20. The number of aliphatic hydroxyl groups excluding tert-OH is 1. The Morgan fingerprint density at radius 3 is 1.38 bits per heavy atom. The molecule has 1 aliphatic rings. The van der Waals surface area contributed by atoms with Crippen LogP contribution in [0.15, 0.2) is 174 Å². The summed E-state index contributed by atoms with van der Waals surface area (Å²) in [6.07, 6.45) is -10.4. The number of nitrogens with one attached hydrogen (secondary N) is 1. The van der Waals surface area contributed by atoms with Gasteiger partial charge >= 0.3 is 25.1 Å². The number of nitrogens with zero attached hydrogens (tertiary/aromatic N) is 9. The molecule has 0 aliphatic carbocycles. The Kier molecular flexibility index (Phi) is 23.1. The van der Waals surface area contributed by atoms with E-state index < -0.39 is 84.8 Å². The van der Waals surface area contributed by atoms with Gasteiger partial charge in [0, 0.05) is 57.7 Å². The van der Waals surface area contributed by atoms with Crippen molar-refractivity contribution in [2.75, 3.05) is 32.2 Å². The van der Waals surface area contributed by atoms with Crippen LogP contribution >= 0.6 is 0 Å². The number of amides is 2. The highest BCUT2D eigenvalue weighted by Gasteiger charge is 2.35.